The van der Waals surface area contributed by atoms with Gasteiger partial charge in [0.25, 0.3) is 0 Å². The Kier molecular flexibility index (Phi) is 8.05. The summed E-state index contributed by atoms with van der Waals surface area (Å²) >= 11 is 12.6. The van der Waals surface area contributed by atoms with Crippen LogP contribution in [0.1, 0.15) is 41.3 Å². The van der Waals surface area contributed by atoms with Crippen molar-refractivity contribution in [2.24, 2.45) is 0 Å². The third-order valence-electron chi connectivity index (χ3n) is 6.49. The summed E-state index contributed by atoms with van der Waals surface area (Å²) in [6.45, 7) is 10.4. The number of fused-ring (bicyclic) bond motifs is 1. The lowest BCUT2D eigenvalue weighted by Crippen LogP contribution is -2.46. The predicted molar refractivity (Wildman–Crippen MR) is 142 cm³/mol. The standard InChI is InChI=1S/C27H30Cl2N2O4/c1-17-15-22-25(18(2)16-23(33)35-22)27(24(17)19(3)32)34-14-5-4-9-30-10-12-31(13-11-30)21-8-6-7-20(28)26(21)29/h6-8,15-16H,4-5,9-14H2,1-3H3. The molecule has 0 N–H and O–H groups in total. The van der Waals surface area contributed by atoms with Crippen LogP contribution in [-0.2, 0) is 0 Å². The summed E-state index contributed by atoms with van der Waals surface area (Å²) in [5.74, 6) is 0.448. The lowest BCUT2D eigenvalue weighted by molar-refractivity contribution is 0.101. The SMILES string of the molecule is CC(=O)c1c(C)cc2oc(=O)cc(C)c2c1OCCCCN1CCN(c2cccc(Cl)c2Cl)CC1. The van der Waals surface area contributed by atoms with Crippen molar-refractivity contribution in [3.8, 4) is 5.75 Å². The van der Waals surface area contributed by atoms with Crippen LogP contribution in [0, 0.1) is 13.8 Å². The minimum absolute atomic E-state index is 0.0670. The maximum Gasteiger partial charge on any atom is 0.336 e. The molecule has 0 bridgehead atoms. The van der Waals surface area contributed by atoms with Crippen LogP contribution in [0.4, 0.5) is 5.69 Å². The Balaban J connectivity index is 1.33. The van der Waals surface area contributed by atoms with E-state index in [1.807, 2.05) is 32.0 Å². The number of benzene rings is 2. The number of anilines is 1. The number of ether oxygens (including phenoxy) is 1. The van der Waals surface area contributed by atoms with Gasteiger partial charge in [-0.25, -0.2) is 4.79 Å². The highest BCUT2D eigenvalue weighted by molar-refractivity contribution is 6.43. The second kappa shape index (κ2) is 11.0. The fraction of sp³-hybridized carbons (Fsp3) is 0.407. The first-order valence-corrected chi connectivity index (χ1v) is 12.6. The van der Waals surface area contributed by atoms with E-state index < -0.39 is 5.63 Å². The van der Waals surface area contributed by atoms with Gasteiger partial charge in [0.15, 0.2) is 5.78 Å². The first-order chi connectivity index (χ1) is 16.8. The molecule has 8 heteroatoms. The summed E-state index contributed by atoms with van der Waals surface area (Å²) in [6.07, 6.45) is 1.83. The summed E-state index contributed by atoms with van der Waals surface area (Å²) in [4.78, 5) is 28.9. The molecule has 0 radical (unpaired) electrons. The molecule has 1 fully saturated rings. The Hall–Kier alpha value is -2.54. The van der Waals surface area contributed by atoms with E-state index >= 15 is 0 Å². The zero-order chi connectivity index (χ0) is 25.1. The molecule has 1 saturated heterocycles. The third kappa shape index (κ3) is 5.66. The number of halogens is 2. The number of hydrogen-bond donors (Lipinski definition) is 0. The first-order valence-electron chi connectivity index (χ1n) is 11.9. The molecular weight excluding hydrogens is 487 g/mol. The number of ketones is 1. The van der Waals surface area contributed by atoms with Crippen LogP contribution in [0.3, 0.4) is 0 Å². The number of Topliss-reactive ketones (excluding diaryl/α,β-unsaturated/α-hetero) is 1. The summed E-state index contributed by atoms with van der Waals surface area (Å²) in [6, 6.07) is 8.93. The summed E-state index contributed by atoms with van der Waals surface area (Å²) in [5.41, 5.74) is 3.06. The van der Waals surface area contributed by atoms with Gasteiger partial charge in [-0.05, 0) is 69.5 Å². The zero-order valence-corrected chi connectivity index (χ0v) is 21.8. The Bertz CT molecular complexity index is 1300. The average molecular weight is 517 g/mol. The maximum absolute atomic E-state index is 12.4. The Morgan fingerprint density at radius 3 is 2.51 bits per heavy atom. The van der Waals surface area contributed by atoms with Crippen molar-refractivity contribution in [2.45, 2.75) is 33.6 Å². The van der Waals surface area contributed by atoms with Crippen molar-refractivity contribution in [1.82, 2.24) is 4.90 Å². The molecule has 0 atom stereocenters. The highest BCUT2D eigenvalue weighted by atomic mass is 35.5. The van der Waals surface area contributed by atoms with Crippen LogP contribution in [0.5, 0.6) is 5.75 Å². The van der Waals surface area contributed by atoms with Crippen molar-refractivity contribution < 1.29 is 13.9 Å². The number of carbonyl (C=O) groups is 1. The van der Waals surface area contributed by atoms with Crippen LogP contribution < -0.4 is 15.3 Å². The summed E-state index contributed by atoms with van der Waals surface area (Å²) in [7, 11) is 0. The van der Waals surface area contributed by atoms with Crippen LogP contribution in [0.25, 0.3) is 11.0 Å². The number of nitrogens with zero attached hydrogens (tertiary/aromatic N) is 2. The molecule has 0 amide bonds. The number of piperazine rings is 1. The predicted octanol–water partition coefficient (Wildman–Crippen LogP) is 5.90. The van der Waals surface area contributed by atoms with Crippen LogP contribution >= 0.6 is 23.2 Å². The molecule has 1 aliphatic heterocycles. The second-order valence-electron chi connectivity index (χ2n) is 9.03. The van der Waals surface area contributed by atoms with Gasteiger partial charge in [0.1, 0.15) is 11.3 Å². The van der Waals surface area contributed by atoms with E-state index in [2.05, 4.69) is 9.80 Å². The molecule has 0 saturated carbocycles. The number of carbonyl (C=O) groups excluding carboxylic acids is 1. The topological polar surface area (TPSA) is 63.0 Å². The summed E-state index contributed by atoms with van der Waals surface area (Å²) < 4.78 is 11.6. The molecular formula is C27H30Cl2N2O4. The molecule has 2 aromatic carbocycles. The normalized spacial score (nSPS) is 14.5. The summed E-state index contributed by atoms with van der Waals surface area (Å²) in [5, 5.41) is 1.89. The molecule has 2 heterocycles. The minimum Gasteiger partial charge on any atom is -0.492 e. The van der Waals surface area contributed by atoms with Gasteiger partial charge < -0.3 is 14.1 Å². The minimum atomic E-state index is -0.409. The second-order valence-corrected chi connectivity index (χ2v) is 9.82. The molecule has 4 rings (SSSR count). The largest absolute Gasteiger partial charge is 0.492 e. The van der Waals surface area contributed by atoms with Crippen LogP contribution in [0.15, 0.2) is 39.5 Å². The quantitative estimate of drug-likeness (QED) is 0.211. The number of hydrogen-bond acceptors (Lipinski definition) is 6. The smallest absolute Gasteiger partial charge is 0.336 e. The van der Waals surface area contributed by atoms with Crippen molar-refractivity contribution in [3.63, 3.8) is 0 Å². The molecule has 0 aliphatic carbocycles. The van der Waals surface area contributed by atoms with Gasteiger partial charge in [-0.15, -0.1) is 0 Å². The molecule has 186 valence electrons. The molecule has 0 unspecified atom stereocenters. The van der Waals surface area contributed by atoms with Gasteiger partial charge in [-0.3, -0.25) is 9.69 Å². The fourth-order valence-corrected chi connectivity index (χ4v) is 5.16. The van der Waals surface area contributed by atoms with E-state index in [-0.39, 0.29) is 5.78 Å². The van der Waals surface area contributed by atoms with E-state index in [9.17, 15) is 9.59 Å². The lowest BCUT2D eigenvalue weighted by Gasteiger charge is -2.36. The van der Waals surface area contributed by atoms with Gasteiger partial charge in [-0.2, -0.15) is 0 Å². The monoisotopic (exact) mass is 516 g/mol. The molecule has 3 aromatic rings. The molecule has 1 aromatic heterocycles. The third-order valence-corrected chi connectivity index (χ3v) is 7.30. The van der Waals surface area contributed by atoms with E-state index in [4.69, 9.17) is 32.4 Å². The number of rotatable bonds is 8. The lowest BCUT2D eigenvalue weighted by atomic mass is 9.98. The number of unbranched alkanes of at least 4 members (excludes halogenated alkanes) is 1. The highest BCUT2D eigenvalue weighted by Crippen LogP contribution is 2.35. The van der Waals surface area contributed by atoms with E-state index in [1.54, 1.807) is 6.07 Å². The van der Waals surface area contributed by atoms with E-state index in [0.29, 0.717) is 38.9 Å². The maximum atomic E-state index is 12.4. The van der Waals surface area contributed by atoms with Gasteiger partial charge in [-0.1, -0.05) is 29.3 Å². The number of aryl methyl sites for hydroxylation is 2. The Labute approximate surface area is 215 Å². The van der Waals surface area contributed by atoms with Crippen LogP contribution in [0.2, 0.25) is 10.0 Å². The van der Waals surface area contributed by atoms with Crippen molar-refractivity contribution in [2.75, 3.05) is 44.2 Å². The molecule has 35 heavy (non-hydrogen) atoms. The average Bonchev–Trinajstić information content (AvgIpc) is 2.80. The molecule has 1 aliphatic rings. The van der Waals surface area contributed by atoms with E-state index in [1.165, 1.54) is 13.0 Å². The van der Waals surface area contributed by atoms with Crippen molar-refractivity contribution >= 4 is 45.6 Å². The zero-order valence-electron chi connectivity index (χ0n) is 20.3. The van der Waals surface area contributed by atoms with E-state index in [0.717, 1.165) is 62.4 Å². The van der Waals surface area contributed by atoms with Crippen molar-refractivity contribution in [3.05, 3.63) is 67.5 Å². The molecule has 6 nitrogen and oxygen atoms in total. The first kappa shape index (κ1) is 25.5. The molecule has 0 spiro atoms. The Morgan fingerprint density at radius 1 is 1.06 bits per heavy atom. The highest BCUT2D eigenvalue weighted by Gasteiger charge is 2.21. The van der Waals surface area contributed by atoms with Crippen molar-refractivity contribution in [1.29, 1.82) is 0 Å². The van der Waals surface area contributed by atoms with Gasteiger partial charge in [0.05, 0.1) is 33.3 Å². The fourth-order valence-electron chi connectivity index (χ4n) is 4.74. The van der Waals surface area contributed by atoms with Crippen LogP contribution in [-0.4, -0.2) is 50.0 Å². The van der Waals surface area contributed by atoms with Gasteiger partial charge in [0, 0.05) is 32.2 Å². The Morgan fingerprint density at radius 2 is 1.80 bits per heavy atom. The van der Waals surface area contributed by atoms with Gasteiger partial charge in [0.2, 0.25) is 0 Å². The van der Waals surface area contributed by atoms with Gasteiger partial charge >= 0.3 is 5.63 Å².